The van der Waals surface area contributed by atoms with Gasteiger partial charge in [0.05, 0.1) is 13.2 Å². The molecule has 0 aliphatic carbocycles. The Balaban J connectivity index is 3.02. The van der Waals surface area contributed by atoms with Crippen LogP contribution >= 0.6 is 0 Å². The fraction of sp³-hybridized carbons (Fsp3) is 0.333. The van der Waals surface area contributed by atoms with Crippen molar-refractivity contribution in [2.45, 2.75) is 13.2 Å². The summed E-state index contributed by atoms with van der Waals surface area (Å²) in [4.78, 5) is 3.87. The molecule has 1 rings (SSSR count). The number of nitriles is 1. The van der Waals surface area contributed by atoms with Gasteiger partial charge in [-0.1, -0.05) is 0 Å². The summed E-state index contributed by atoms with van der Waals surface area (Å²) in [6.07, 6.45) is 1.55. The number of hydrogen-bond donors (Lipinski definition) is 1. The summed E-state index contributed by atoms with van der Waals surface area (Å²) in [6, 6.07) is 3.47. The highest BCUT2D eigenvalue weighted by molar-refractivity contribution is 5.31. The molecular formula is C9H10N2O2. The Kier molecular flexibility index (Phi) is 3.38. The Bertz CT molecular complexity index is 331. The highest BCUT2D eigenvalue weighted by atomic mass is 16.5. The minimum atomic E-state index is -0.101. The van der Waals surface area contributed by atoms with Gasteiger partial charge in [0, 0.05) is 18.9 Å². The Labute approximate surface area is 76.4 Å². The van der Waals surface area contributed by atoms with Crippen LogP contribution in [0.4, 0.5) is 0 Å². The van der Waals surface area contributed by atoms with Crippen molar-refractivity contribution in [3.8, 4) is 6.07 Å². The third-order valence-corrected chi connectivity index (χ3v) is 1.67. The number of nitrogens with zero attached hydrogens (tertiary/aromatic N) is 2. The maximum atomic E-state index is 8.97. The van der Waals surface area contributed by atoms with Crippen molar-refractivity contribution in [2.24, 2.45) is 0 Å². The Morgan fingerprint density at radius 1 is 1.62 bits per heavy atom. The molecule has 0 radical (unpaired) electrons. The molecule has 0 aliphatic heterocycles. The van der Waals surface area contributed by atoms with E-state index in [0.29, 0.717) is 17.9 Å². The van der Waals surface area contributed by atoms with E-state index in [1.54, 1.807) is 19.4 Å². The lowest BCUT2D eigenvalue weighted by Crippen LogP contribution is -1.98. The van der Waals surface area contributed by atoms with Crippen molar-refractivity contribution < 1.29 is 9.84 Å². The van der Waals surface area contributed by atoms with Crippen LogP contribution in [-0.4, -0.2) is 17.2 Å². The molecule has 1 N–H and O–H groups in total. The summed E-state index contributed by atoms with van der Waals surface area (Å²) in [6.45, 7) is 0.296. The van der Waals surface area contributed by atoms with Gasteiger partial charge in [0.2, 0.25) is 0 Å². The molecule has 0 spiro atoms. The predicted molar refractivity (Wildman–Crippen MR) is 45.6 cm³/mol. The average Bonchev–Trinajstić information content (AvgIpc) is 2.19. The van der Waals surface area contributed by atoms with Crippen LogP contribution < -0.4 is 0 Å². The normalized spacial score (nSPS) is 9.62. The van der Waals surface area contributed by atoms with Crippen LogP contribution in [0.5, 0.6) is 0 Å². The minimum Gasteiger partial charge on any atom is -0.392 e. The standard InChI is InChI=1S/C9H10N2O2/c1-13-6-8-4-11-9(3-10)2-7(8)5-12/h2,4,12H,5-6H2,1H3. The van der Waals surface area contributed by atoms with E-state index < -0.39 is 0 Å². The van der Waals surface area contributed by atoms with Crippen molar-refractivity contribution in [1.29, 1.82) is 5.26 Å². The zero-order valence-corrected chi connectivity index (χ0v) is 7.32. The molecule has 0 saturated heterocycles. The zero-order chi connectivity index (χ0) is 9.68. The molecule has 1 aromatic heterocycles. The monoisotopic (exact) mass is 178 g/mol. The van der Waals surface area contributed by atoms with Gasteiger partial charge in [0.25, 0.3) is 0 Å². The molecule has 0 bridgehead atoms. The molecule has 1 heterocycles. The van der Waals surface area contributed by atoms with E-state index >= 15 is 0 Å². The number of ether oxygens (including phenoxy) is 1. The Hall–Kier alpha value is -1.44. The number of methoxy groups -OCH3 is 1. The highest BCUT2D eigenvalue weighted by Crippen LogP contribution is 2.10. The minimum absolute atomic E-state index is 0.101. The number of aliphatic hydroxyl groups is 1. The molecule has 0 fully saturated rings. The third kappa shape index (κ3) is 2.25. The van der Waals surface area contributed by atoms with Crippen LogP contribution in [0, 0.1) is 11.3 Å². The molecular weight excluding hydrogens is 168 g/mol. The van der Waals surface area contributed by atoms with E-state index in [4.69, 9.17) is 15.1 Å². The molecule has 13 heavy (non-hydrogen) atoms. The topological polar surface area (TPSA) is 66.1 Å². The highest BCUT2D eigenvalue weighted by Gasteiger charge is 2.03. The molecule has 0 aromatic carbocycles. The number of hydrogen-bond acceptors (Lipinski definition) is 4. The molecule has 1 aromatic rings. The zero-order valence-electron chi connectivity index (χ0n) is 7.32. The lowest BCUT2D eigenvalue weighted by molar-refractivity contribution is 0.181. The van der Waals surface area contributed by atoms with Gasteiger partial charge >= 0.3 is 0 Å². The number of rotatable bonds is 3. The molecule has 0 atom stereocenters. The first-order valence-electron chi connectivity index (χ1n) is 3.79. The van der Waals surface area contributed by atoms with E-state index in [0.717, 1.165) is 5.56 Å². The van der Waals surface area contributed by atoms with Gasteiger partial charge in [-0.25, -0.2) is 4.98 Å². The van der Waals surface area contributed by atoms with Crippen LogP contribution in [0.2, 0.25) is 0 Å². The van der Waals surface area contributed by atoms with Gasteiger partial charge in [-0.2, -0.15) is 5.26 Å². The summed E-state index contributed by atoms with van der Waals surface area (Å²) in [5.74, 6) is 0. The summed E-state index contributed by atoms with van der Waals surface area (Å²) >= 11 is 0. The Morgan fingerprint density at radius 2 is 2.38 bits per heavy atom. The molecule has 0 saturated carbocycles. The van der Waals surface area contributed by atoms with Crippen LogP contribution in [0.25, 0.3) is 0 Å². The average molecular weight is 178 g/mol. The van der Waals surface area contributed by atoms with Gasteiger partial charge < -0.3 is 9.84 Å². The first-order chi connectivity index (χ1) is 6.31. The molecule has 4 heteroatoms. The largest absolute Gasteiger partial charge is 0.392 e. The van der Waals surface area contributed by atoms with E-state index in [-0.39, 0.29) is 6.61 Å². The number of pyridine rings is 1. The Morgan fingerprint density at radius 3 is 2.92 bits per heavy atom. The fourth-order valence-electron chi connectivity index (χ4n) is 1.02. The molecule has 0 unspecified atom stereocenters. The van der Waals surface area contributed by atoms with Crippen LogP contribution in [0.1, 0.15) is 16.8 Å². The quantitative estimate of drug-likeness (QED) is 0.735. The SMILES string of the molecule is COCc1cnc(C#N)cc1CO. The van der Waals surface area contributed by atoms with Gasteiger partial charge in [0.1, 0.15) is 11.8 Å². The maximum absolute atomic E-state index is 8.97. The lowest BCUT2D eigenvalue weighted by Gasteiger charge is -2.05. The van der Waals surface area contributed by atoms with Crippen LogP contribution in [-0.2, 0) is 18.0 Å². The van der Waals surface area contributed by atoms with Crippen molar-refractivity contribution >= 4 is 0 Å². The smallest absolute Gasteiger partial charge is 0.140 e. The van der Waals surface area contributed by atoms with Gasteiger partial charge in [0.15, 0.2) is 0 Å². The molecule has 68 valence electrons. The molecule has 0 aliphatic rings. The van der Waals surface area contributed by atoms with Crippen molar-refractivity contribution in [3.63, 3.8) is 0 Å². The second kappa shape index (κ2) is 4.55. The van der Waals surface area contributed by atoms with E-state index in [1.807, 2.05) is 6.07 Å². The summed E-state index contributed by atoms with van der Waals surface area (Å²) in [5, 5.41) is 17.5. The van der Waals surface area contributed by atoms with Crippen molar-refractivity contribution in [3.05, 3.63) is 29.1 Å². The van der Waals surface area contributed by atoms with Gasteiger partial charge in [-0.05, 0) is 11.6 Å². The lowest BCUT2D eigenvalue weighted by atomic mass is 10.1. The van der Waals surface area contributed by atoms with Crippen molar-refractivity contribution in [1.82, 2.24) is 4.98 Å². The molecule has 0 amide bonds. The van der Waals surface area contributed by atoms with E-state index in [9.17, 15) is 0 Å². The van der Waals surface area contributed by atoms with Crippen molar-refractivity contribution in [2.75, 3.05) is 7.11 Å². The van der Waals surface area contributed by atoms with E-state index in [1.165, 1.54) is 0 Å². The van der Waals surface area contributed by atoms with Gasteiger partial charge in [-0.15, -0.1) is 0 Å². The predicted octanol–water partition coefficient (Wildman–Crippen LogP) is 0.592. The van der Waals surface area contributed by atoms with Crippen LogP contribution in [0.3, 0.4) is 0 Å². The summed E-state index contributed by atoms with van der Waals surface area (Å²) in [5.41, 5.74) is 1.81. The summed E-state index contributed by atoms with van der Waals surface area (Å²) < 4.78 is 4.91. The summed E-state index contributed by atoms with van der Waals surface area (Å²) in [7, 11) is 1.57. The van der Waals surface area contributed by atoms with Crippen LogP contribution in [0.15, 0.2) is 12.3 Å². The number of aromatic nitrogens is 1. The third-order valence-electron chi connectivity index (χ3n) is 1.67. The first kappa shape index (κ1) is 9.65. The van der Waals surface area contributed by atoms with E-state index in [2.05, 4.69) is 4.98 Å². The second-order valence-electron chi connectivity index (χ2n) is 2.54. The fourth-order valence-corrected chi connectivity index (χ4v) is 1.02. The first-order valence-corrected chi connectivity index (χ1v) is 3.79. The van der Waals surface area contributed by atoms with Gasteiger partial charge in [-0.3, -0.25) is 0 Å². The molecule has 4 nitrogen and oxygen atoms in total. The maximum Gasteiger partial charge on any atom is 0.140 e. The second-order valence-corrected chi connectivity index (χ2v) is 2.54. The number of aliphatic hydroxyl groups excluding tert-OH is 1.